The van der Waals surface area contributed by atoms with Crippen LogP contribution in [0.4, 0.5) is 4.39 Å². The fourth-order valence-corrected chi connectivity index (χ4v) is 1.68. The van der Waals surface area contributed by atoms with Crippen molar-refractivity contribution in [2.45, 2.75) is 4.90 Å². The average molecular weight is 255 g/mol. The first-order chi connectivity index (χ1) is 5.43. The van der Waals surface area contributed by atoms with Crippen LogP contribution in [0.5, 0.6) is 0 Å². The number of primary sulfonamides is 1. The zero-order valence-corrected chi connectivity index (χ0v) is 8.06. The van der Waals surface area contributed by atoms with Crippen LogP contribution >= 0.6 is 15.9 Å². The molecule has 0 spiro atoms. The summed E-state index contributed by atoms with van der Waals surface area (Å²) in [6.45, 7) is 0. The molecule has 7 heteroatoms. The fourth-order valence-electron chi connectivity index (χ4n) is 0.622. The first-order valence-electron chi connectivity index (χ1n) is 2.75. The number of sulfonamides is 1. The van der Waals surface area contributed by atoms with E-state index in [9.17, 15) is 12.8 Å². The maximum absolute atomic E-state index is 12.9. The molecule has 1 heterocycles. The van der Waals surface area contributed by atoms with Gasteiger partial charge in [0, 0.05) is 6.20 Å². The number of rotatable bonds is 1. The second-order valence-corrected chi connectivity index (χ2v) is 4.24. The van der Waals surface area contributed by atoms with Crippen LogP contribution in [0.15, 0.2) is 21.8 Å². The highest BCUT2D eigenvalue weighted by Gasteiger charge is 2.16. The molecule has 0 unspecified atom stereocenters. The first-order valence-corrected chi connectivity index (χ1v) is 5.09. The van der Waals surface area contributed by atoms with Crippen LogP contribution in [0.3, 0.4) is 0 Å². The maximum atomic E-state index is 12.9. The number of aromatic nitrogens is 1. The molecule has 1 rings (SSSR count). The number of nitrogens with zero attached hydrogens (tertiary/aromatic N) is 1. The molecule has 0 aliphatic heterocycles. The lowest BCUT2D eigenvalue weighted by atomic mass is 10.5. The van der Waals surface area contributed by atoms with Gasteiger partial charge in [-0.1, -0.05) is 0 Å². The highest BCUT2D eigenvalue weighted by atomic mass is 79.9. The minimum atomic E-state index is -4.00. The third kappa shape index (κ3) is 1.79. The van der Waals surface area contributed by atoms with Gasteiger partial charge in [0.25, 0.3) is 0 Å². The molecule has 0 aliphatic carbocycles. The molecule has 0 amide bonds. The van der Waals surface area contributed by atoms with E-state index in [4.69, 9.17) is 5.14 Å². The Bertz CT molecular complexity index is 406. The van der Waals surface area contributed by atoms with Crippen molar-refractivity contribution in [3.63, 3.8) is 0 Å². The van der Waals surface area contributed by atoms with E-state index in [1.165, 1.54) is 0 Å². The molecule has 0 saturated heterocycles. The zero-order chi connectivity index (χ0) is 9.35. The van der Waals surface area contributed by atoms with Gasteiger partial charge < -0.3 is 0 Å². The SMILES string of the molecule is NS(=O)(=O)c1ccnc(Br)c1F. The molecule has 12 heavy (non-hydrogen) atoms. The zero-order valence-electron chi connectivity index (χ0n) is 5.66. The predicted octanol–water partition coefficient (Wildman–Crippen LogP) is 0.631. The van der Waals surface area contributed by atoms with Crippen molar-refractivity contribution in [3.05, 3.63) is 22.7 Å². The summed E-state index contributed by atoms with van der Waals surface area (Å²) in [4.78, 5) is 2.91. The van der Waals surface area contributed by atoms with Crippen LogP contribution in [-0.4, -0.2) is 13.4 Å². The number of halogens is 2. The Morgan fingerprint density at radius 3 is 2.58 bits per heavy atom. The Hall–Kier alpha value is -0.530. The van der Waals surface area contributed by atoms with E-state index < -0.39 is 20.7 Å². The van der Waals surface area contributed by atoms with Crippen LogP contribution in [0.1, 0.15) is 0 Å². The Kier molecular flexibility index (Phi) is 2.45. The highest BCUT2D eigenvalue weighted by Crippen LogP contribution is 2.18. The van der Waals surface area contributed by atoms with Crippen molar-refractivity contribution in [1.29, 1.82) is 0 Å². The standard InChI is InChI=1S/C5H4BrFN2O2S/c6-5-4(7)3(1-2-9-5)12(8,10)11/h1-2H,(H2,8,10,11). The fraction of sp³-hybridized carbons (Fsp3) is 0. The normalized spacial score (nSPS) is 11.6. The van der Waals surface area contributed by atoms with E-state index in [0.29, 0.717) is 0 Å². The lowest BCUT2D eigenvalue weighted by Crippen LogP contribution is -2.14. The maximum Gasteiger partial charge on any atom is 0.241 e. The molecule has 0 radical (unpaired) electrons. The van der Waals surface area contributed by atoms with Gasteiger partial charge in [-0.3, -0.25) is 0 Å². The summed E-state index contributed by atoms with van der Waals surface area (Å²) >= 11 is 2.73. The van der Waals surface area contributed by atoms with Gasteiger partial charge in [-0.15, -0.1) is 0 Å². The minimum absolute atomic E-state index is 0.172. The number of hydrogen-bond donors (Lipinski definition) is 1. The smallest absolute Gasteiger partial charge is 0.241 e. The van der Waals surface area contributed by atoms with Crippen LogP contribution in [0.2, 0.25) is 0 Å². The molecule has 0 fully saturated rings. The number of pyridine rings is 1. The highest BCUT2D eigenvalue weighted by molar-refractivity contribution is 9.10. The van der Waals surface area contributed by atoms with E-state index in [2.05, 4.69) is 20.9 Å². The van der Waals surface area contributed by atoms with Gasteiger partial charge in [0.2, 0.25) is 10.0 Å². The van der Waals surface area contributed by atoms with E-state index in [-0.39, 0.29) is 4.60 Å². The molecule has 2 N–H and O–H groups in total. The van der Waals surface area contributed by atoms with Crippen molar-refractivity contribution < 1.29 is 12.8 Å². The molecule has 0 bridgehead atoms. The molecule has 1 aromatic heterocycles. The summed E-state index contributed by atoms with van der Waals surface area (Å²) in [7, 11) is -4.00. The quantitative estimate of drug-likeness (QED) is 0.748. The van der Waals surface area contributed by atoms with Gasteiger partial charge in [-0.05, 0) is 22.0 Å². The first kappa shape index (κ1) is 9.56. The van der Waals surface area contributed by atoms with E-state index in [1.54, 1.807) is 0 Å². The van der Waals surface area contributed by atoms with Gasteiger partial charge in [-0.25, -0.2) is 22.9 Å². The predicted molar refractivity (Wildman–Crippen MR) is 43.3 cm³/mol. The molecule has 4 nitrogen and oxygen atoms in total. The number of hydrogen-bond acceptors (Lipinski definition) is 3. The molecule has 0 aliphatic rings. The molecule has 0 atom stereocenters. The van der Waals surface area contributed by atoms with Crippen molar-refractivity contribution in [3.8, 4) is 0 Å². The van der Waals surface area contributed by atoms with Gasteiger partial charge in [0.1, 0.15) is 9.50 Å². The molecule has 0 saturated carbocycles. The monoisotopic (exact) mass is 254 g/mol. The third-order valence-electron chi connectivity index (χ3n) is 1.12. The molecular formula is C5H4BrFN2O2S. The topological polar surface area (TPSA) is 73.1 Å². The molecular weight excluding hydrogens is 251 g/mol. The summed E-state index contributed by atoms with van der Waals surface area (Å²) < 4.78 is 34.1. The van der Waals surface area contributed by atoms with Crippen LogP contribution in [0.25, 0.3) is 0 Å². The summed E-state index contributed by atoms with van der Waals surface area (Å²) in [5.74, 6) is -0.972. The Labute approximate surface area is 76.8 Å². The average Bonchev–Trinajstić information content (AvgIpc) is 1.92. The van der Waals surface area contributed by atoms with Crippen LogP contribution < -0.4 is 5.14 Å². The van der Waals surface area contributed by atoms with Gasteiger partial charge in [0.05, 0.1) is 0 Å². The Morgan fingerprint density at radius 1 is 1.58 bits per heavy atom. The lowest BCUT2D eigenvalue weighted by Gasteiger charge is -1.99. The van der Waals surface area contributed by atoms with E-state index >= 15 is 0 Å². The number of nitrogens with two attached hydrogens (primary N) is 1. The third-order valence-corrected chi connectivity index (χ3v) is 2.60. The Morgan fingerprint density at radius 2 is 2.17 bits per heavy atom. The second kappa shape index (κ2) is 3.08. The van der Waals surface area contributed by atoms with Gasteiger partial charge in [0.15, 0.2) is 5.82 Å². The van der Waals surface area contributed by atoms with Crippen molar-refractivity contribution in [1.82, 2.24) is 4.98 Å². The van der Waals surface area contributed by atoms with Crippen LogP contribution in [0, 0.1) is 5.82 Å². The summed E-state index contributed by atoms with van der Waals surface area (Å²) in [5.41, 5.74) is 0. The van der Waals surface area contributed by atoms with Crippen molar-refractivity contribution in [2.75, 3.05) is 0 Å². The molecule has 0 aromatic carbocycles. The molecule has 66 valence electrons. The minimum Gasteiger partial charge on any atom is -0.246 e. The second-order valence-electron chi connectivity index (χ2n) is 1.96. The Balaban J connectivity index is 3.47. The van der Waals surface area contributed by atoms with E-state index in [0.717, 1.165) is 12.3 Å². The largest absolute Gasteiger partial charge is 0.246 e. The van der Waals surface area contributed by atoms with Crippen molar-refractivity contribution in [2.24, 2.45) is 5.14 Å². The summed E-state index contributed by atoms with van der Waals surface area (Å²) in [6, 6.07) is 0.995. The van der Waals surface area contributed by atoms with Crippen molar-refractivity contribution >= 4 is 26.0 Å². The molecule has 1 aromatic rings. The summed E-state index contributed by atoms with van der Waals surface area (Å²) in [5, 5.41) is 4.71. The van der Waals surface area contributed by atoms with E-state index in [1.807, 2.05) is 0 Å². The lowest BCUT2D eigenvalue weighted by molar-refractivity contribution is 0.559. The van der Waals surface area contributed by atoms with Gasteiger partial charge in [-0.2, -0.15) is 0 Å². The van der Waals surface area contributed by atoms with Gasteiger partial charge >= 0.3 is 0 Å². The van der Waals surface area contributed by atoms with Crippen LogP contribution in [-0.2, 0) is 10.0 Å². The summed E-state index contributed by atoms with van der Waals surface area (Å²) in [6.07, 6.45) is 1.15.